The van der Waals surface area contributed by atoms with Crippen molar-refractivity contribution in [2.24, 2.45) is 0 Å². The molecule has 0 heterocycles. The van der Waals surface area contributed by atoms with Crippen LogP contribution in [0, 0.1) is 11.3 Å². The first-order valence-corrected chi connectivity index (χ1v) is 3.24. The highest BCUT2D eigenvalue weighted by molar-refractivity contribution is 5.24. The summed E-state index contributed by atoms with van der Waals surface area (Å²) >= 11 is 0. The van der Waals surface area contributed by atoms with Gasteiger partial charge in [0.05, 0.1) is 18.2 Å². The fourth-order valence-corrected chi connectivity index (χ4v) is 0.598. The highest BCUT2D eigenvalue weighted by atomic mass is 19.4. The lowest BCUT2D eigenvalue weighted by atomic mass is 10.3. The van der Waals surface area contributed by atoms with E-state index in [4.69, 9.17) is 5.26 Å². The second-order valence-corrected chi connectivity index (χ2v) is 2.00. The fraction of sp³-hybridized carbons (Fsp3) is 0.571. The second kappa shape index (κ2) is 4.00. The van der Waals surface area contributed by atoms with E-state index in [9.17, 15) is 13.2 Å². The number of hydrogen-bond acceptors (Lipinski definition) is 2. The second-order valence-electron chi connectivity index (χ2n) is 2.00. The summed E-state index contributed by atoms with van der Waals surface area (Å²) in [6, 6.07) is 1.39. The molecule has 68 valence electrons. The minimum Gasteiger partial charge on any atom is -0.489 e. The van der Waals surface area contributed by atoms with E-state index in [0.717, 1.165) is 6.92 Å². The van der Waals surface area contributed by atoms with Gasteiger partial charge in [-0.1, -0.05) is 0 Å². The molecule has 0 atom stereocenters. The minimum absolute atomic E-state index is 0.103. The summed E-state index contributed by atoms with van der Waals surface area (Å²) in [5.74, 6) is -1.20. The Labute approximate surface area is 68.2 Å². The molecule has 0 saturated heterocycles. The first-order chi connectivity index (χ1) is 5.43. The Morgan fingerprint density at radius 2 is 2.00 bits per heavy atom. The minimum atomic E-state index is -4.57. The van der Waals surface area contributed by atoms with Gasteiger partial charge in [-0.2, -0.15) is 18.4 Å². The van der Waals surface area contributed by atoms with Gasteiger partial charge in [0.15, 0.2) is 0 Å². The van der Waals surface area contributed by atoms with Crippen LogP contribution in [0.3, 0.4) is 0 Å². The van der Waals surface area contributed by atoms with Crippen LogP contribution in [-0.2, 0) is 4.74 Å². The quantitative estimate of drug-likeness (QED) is 0.481. The summed E-state index contributed by atoms with van der Waals surface area (Å²) in [5.41, 5.74) is -0.454. The summed E-state index contributed by atoms with van der Waals surface area (Å²) in [6.07, 6.45) is -4.57. The van der Waals surface area contributed by atoms with Gasteiger partial charge in [0.25, 0.3) is 0 Å². The number of allylic oxidation sites excluding steroid dienone is 2. The molecule has 0 aliphatic rings. The SMILES string of the molecule is CCO/C(=C(/C)C#N)C(F)(F)F. The molecule has 0 fully saturated rings. The van der Waals surface area contributed by atoms with Crippen LogP contribution in [-0.4, -0.2) is 12.8 Å². The third kappa shape index (κ3) is 2.82. The summed E-state index contributed by atoms with van der Waals surface area (Å²) < 4.78 is 40.3. The molecule has 0 aromatic rings. The van der Waals surface area contributed by atoms with E-state index in [1.807, 2.05) is 0 Å². The van der Waals surface area contributed by atoms with Crippen LogP contribution in [0.5, 0.6) is 0 Å². The van der Waals surface area contributed by atoms with Gasteiger partial charge in [0.1, 0.15) is 0 Å². The Morgan fingerprint density at radius 1 is 1.50 bits per heavy atom. The molecular formula is C7H8F3NO. The van der Waals surface area contributed by atoms with Gasteiger partial charge in [0.2, 0.25) is 5.76 Å². The number of ether oxygens (including phenoxy) is 1. The number of nitrogens with zero attached hydrogens (tertiary/aromatic N) is 1. The largest absolute Gasteiger partial charge is 0.489 e. The molecule has 0 N–H and O–H groups in total. The summed E-state index contributed by atoms with van der Waals surface area (Å²) in [4.78, 5) is 0. The van der Waals surface area contributed by atoms with E-state index in [0.29, 0.717) is 0 Å². The number of hydrogen-bond donors (Lipinski definition) is 0. The topological polar surface area (TPSA) is 33.0 Å². The normalized spacial score (nSPS) is 13.3. The Morgan fingerprint density at radius 3 is 2.25 bits per heavy atom. The van der Waals surface area contributed by atoms with Crippen molar-refractivity contribution >= 4 is 0 Å². The maximum absolute atomic E-state index is 12.0. The summed E-state index contributed by atoms with van der Waals surface area (Å²) in [5, 5.41) is 8.21. The van der Waals surface area contributed by atoms with E-state index in [1.165, 1.54) is 13.0 Å². The van der Waals surface area contributed by atoms with Crippen LogP contribution >= 0.6 is 0 Å². The van der Waals surface area contributed by atoms with Crippen molar-refractivity contribution < 1.29 is 17.9 Å². The number of halogens is 3. The van der Waals surface area contributed by atoms with Crippen LogP contribution in [0.15, 0.2) is 11.3 Å². The van der Waals surface area contributed by atoms with Crippen LogP contribution in [0.1, 0.15) is 13.8 Å². The molecule has 0 rings (SSSR count). The molecule has 0 aliphatic heterocycles. The van der Waals surface area contributed by atoms with Crippen LogP contribution in [0.2, 0.25) is 0 Å². The zero-order chi connectivity index (χ0) is 9.78. The number of nitriles is 1. The van der Waals surface area contributed by atoms with Gasteiger partial charge in [-0.3, -0.25) is 0 Å². The predicted molar refractivity (Wildman–Crippen MR) is 36.0 cm³/mol. The van der Waals surface area contributed by atoms with Crippen molar-refractivity contribution in [2.45, 2.75) is 20.0 Å². The van der Waals surface area contributed by atoms with Crippen LogP contribution in [0.25, 0.3) is 0 Å². The van der Waals surface area contributed by atoms with Gasteiger partial charge >= 0.3 is 6.18 Å². The first kappa shape index (κ1) is 10.8. The predicted octanol–water partition coefficient (Wildman–Crippen LogP) is 2.38. The third-order valence-corrected chi connectivity index (χ3v) is 1.05. The zero-order valence-corrected chi connectivity index (χ0v) is 6.70. The standard InChI is InChI=1S/C7H8F3NO/c1-3-12-6(5(2)4-11)7(8,9)10/h3H2,1-2H3/b6-5-. The molecular weight excluding hydrogens is 171 g/mol. The van der Waals surface area contributed by atoms with E-state index in [-0.39, 0.29) is 6.61 Å². The fourth-order valence-electron chi connectivity index (χ4n) is 0.598. The molecule has 2 nitrogen and oxygen atoms in total. The van der Waals surface area contributed by atoms with Crippen molar-refractivity contribution in [3.05, 3.63) is 11.3 Å². The highest BCUT2D eigenvalue weighted by Crippen LogP contribution is 2.28. The smallest absolute Gasteiger partial charge is 0.449 e. The van der Waals surface area contributed by atoms with Gasteiger partial charge in [-0.05, 0) is 13.8 Å². The van der Waals surface area contributed by atoms with E-state index >= 15 is 0 Å². The van der Waals surface area contributed by atoms with Gasteiger partial charge in [-0.25, -0.2) is 0 Å². The third-order valence-electron chi connectivity index (χ3n) is 1.05. The van der Waals surface area contributed by atoms with Crippen molar-refractivity contribution in [1.82, 2.24) is 0 Å². The van der Waals surface area contributed by atoms with Crippen molar-refractivity contribution in [1.29, 1.82) is 5.26 Å². The monoisotopic (exact) mass is 179 g/mol. The maximum atomic E-state index is 12.0. The highest BCUT2D eigenvalue weighted by Gasteiger charge is 2.37. The lowest BCUT2D eigenvalue weighted by Gasteiger charge is -2.12. The molecule has 5 heteroatoms. The lowest BCUT2D eigenvalue weighted by Crippen LogP contribution is -2.16. The molecule has 0 saturated carbocycles. The Hall–Kier alpha value is -1.18. The van der Waals surface area contributed by atoms with Crippen molar-refractivity contribution in [2.75, 3.05) is 6.61 Å². The summed E-state index contributed by atoms with van der Waals surface area (Å²) in [6.45, 7) is 2.39. The molecule has 0 aromatic carbocycles. The molecule has 0 amide bonds. The molecule has 0 unspecified atom stereocenters. The van der Waals surface area contributed by atoms with E-state index in [1.54, 1.807) is 0 Å². The van der Waals surface area contributed by atoms with Crippen molar-refractivity contribution in [3.8, 4) is 6.07 Å². The summed E-state index contributed by atoms with van der Waals surface area (Å²) in [7, 11) is 0. The molecule has 0 aliphatic carbocycles. The van der Waals surface area contributed by atoms with Gasteiger partial charge in [-0.15, -0.1) is 0 Å². The van der Waals surface area contributed by atoms with Crippen LogP contribution in [0.4, 0.5) is 13.2 Å². The van der Waals surface area contributed by atoms with Gasteiger partial charge < -0.3 is 4.74 Å². The Kier molecular flexibility index (Phi) is 3.61. The van der Waals surface area contributed by atoms with Crippen molar-refractivity contribution in [3.63, 3.8) is 0 Å². The molecule has 0 radical (unpaired) electrons. The van der Waals surface area contributed by atoms with E-state index < -0.39 is 17.5 Å². The van der Waals surface area contributed by atoms with Gasteiger partial charge in [0, 0.05) is 0 Å². The number of rotatable bonds is 2. The van der Waals surface area contributed by atoms with Crippen LogP contribution < -0.4 is 0 Å². The maximum Gasteiger partial charge on any atom is 0.449 e. The Balaban J connectivity index is 4.82. The molecule has 12 heavy (non-hydrogen) atoms. The molecule has 0 aromatic heterocycles. The number of alkyl halides is 3. The molecule has 0 bridgehead atoms. The van der Waals surface area contributed by atoms with E-state index in [2.05, 4.69) is 4.74 Å². The zero-order valence-electron chi connectivity index (χ0n) is 6.70. The first-order valence-electron chi connectivity index (χ1n) is 3.24. The lowest BCUT2D eigenvalue weighted by molar-refractivity contribution is -0.130. The average Bonchev–Trinajstić information content (AvgIpc) is 1.96. The Bertz CT molecular complexity index is 224. The average molecular weight is 179 g/mol. The molecule has 0 spiro atoms.